The molecule has 1 aliphatic carbocycles. The Morgan fingerprint density at radius 3 is 2.67 bits per heavy atom. The van der Waals surface area contributed by atoms with E-state index in [0.29, 0.717) is 6.61 Å². The van der Waals surface area contributed by atoms with Crippen molar-refractivity contribution in [3.05, 3.63) is 107 Å². The lowest BCUT2D eigenvalue weighted by atomic mass is 9.82. The molecule has 3 aromatic rings. The van der Waals surface area contributed by atoms with Gasteiger partial charge in [0.05, 0.1) is 5.54 Å². The Labute approximate surface area is 160 Å². The summed E-state index contributed by atoms with van der Waals surface area (Å²) in [6.07, 6.45) is 7.26. The van der Waals surface area contributed by atoms with Gasteiger partial charge >= 0.3 is 0 Å². The summed E-state index contributed by atoms with van der Waals surface area (Å²) in [6, 6.07) is 26.8. The average Bonchev–Trinajstić information content (AvgIpc) is 2.72. The zero-order chi connectivity index (χ0) is 18.5. The summed E-state index contributed by atoms with van der Waals surface area (Å²) < 4.78 is 5.93. The summed E-state index contributed by atoms with van der Waals surface area (Å²) >= 11 is 0. The minimum absolute atomic E-state index is 0.230. The first-order valence-corrected chi connectivity index (χ1v) is 9.31. The second kappa shape index (κ2) is 7.63. The molecule has 1 aliphatic rings. The maximum atomic E-state index is 5.93. The molecule has 0 N–H and O–H groups in total. The molecule has 0 aromatic heterocycles. The molecular weight excluding hydrogens is 330 g/mol. The summed E-state index contributed by atoms with van der Waals surface area (Å²) in [6.45, 7) is 2.76. The standard InChI is InChI=1S/C25H23NO/c1-25(16-8-13-22-12-5-6-15-24(22)25)26-18-21-11-7-14-23(17-21)27-19-20-9-3-2-4-10-20/h2-15,17-18H,16,19H2,1H3. The molecule has 0 aliphatic heterocycles. The van der Waals surface area contributed by atoms with E-state index in [9.17, 15) is 0 Å². The lowest BCUT2D eigenvalue weighted by Crippen LogP contribution is -2.22. The van der Waals surface area contributed by atoms with Crippen LogP contribution in [0, 0.1) is 0 Å². The molecule has 27 heavy (non-hydrogen) atoms. The highest BCUT2D eigenvalue weighted by atomic mass is 16.5. The molecule has 1 unspecified atom stereocenters. The van der Waals surface area contributed by atoms with E-state index in [-0.39, 0.29) is 5.54 Å². The summed E-state index contributed by atoms with van der Waals surface area (Å²) in [5.74, 6) is 0.858. The van der Waals surface area contributed by atoms with E-state index in [1.165, 1.54) is 11.1 Å². The molecule has 4 rings (SSSR count). The normalized spacial score (nSPS) is 18.4. The van der Waals surface area contributed by atoms with Crippen LogP contribution in [0.2, 0.25) is 0 Å². The van der Waals surface area contributed by atoms with Crippen LogP contribution in [0.1, 0.15) is 35.6 Å². The van der Waals surface area contributed by atoms with Gasteiger partial charge in [0.15, 0.2) is 0 Å². The second-order valence-corrected chi connectivity index (χ2v) is 7.07. The summed E-state index contributed by atoms with van der Waals surface area (Å²) in [7, 11) is 0. The number of aliphatic imine (C=N–C) groups is 1. The fourth-order valence-electron chi connectivity index (χ4n) is 3.42. The number of nitrogens with zero attached hydrogens (tertiary/aromatic N) is 1. The number of ether oxygens (including phenoxy) is 1. The minimum atomic E-state index is -0.230. The van der Waals surface area contributed by atoms with Crippen LogP contribution in [0.25, 0.3) is 6.08 Å². The molecule has 0 saturated heterocycles. The first kappa shape index (κ1) is 17.3. The molecule has 2 heteroatoms. The number of benzene rings is 3. The first-order valence-electron chi connectivity index (χ1n) is 9.31. The van der Waals surface area contributed by atoms with Crippen molar-refractivity contribution in [1.29, 1.82) is 0 Å². The van der Waals surface area contributed by atoms with E-state index in [1.807, 2.05) is 42.6 Å². The van der Waals surface area contributed by atoms with Crippen molar-refractivity contribution in [2.75, 3.05) is 0 Å². The van der Waals surface area contributed by atoms with E-state index in [4.69, 9.17) is 9.73 Å². The van der Waals surface area contributed by atoms with Crippen LogP contribution < -0.4 is 4.74 Å². The van der Waals surface area contributed by atoms with Gasteiger partial charge in [0, 0.05) is 6.21 Å². The maximum Gasteiger partial charge on any atom is 0.120 e. The quantitative estimate of drug-likeness (QED) is 0.514. The van der Waals surface area contributed by atoms with Crippen LogP contribution in [0.15, 0.2) is 89.9 Å². The van der Waals surface area contributed by atoms with Crippen LogP contribution in [-0.2, 0) is 12.1 Å². The summed E-state index contributed by atoms with van der Waals surface area (Å²) in [5, 5.41) is 0. The Morgan fingerprint density at radius 2 is 1.78 bits per heavy atom. The van der Waals surface area contributed by atoms with Crippen molar-refractivity contribution < 1.29 is 4.74 Å². The summed E-state index contributed by atoms with van der Waals surface area (Å²) in [5.41, 5.74) is 4.51. The highest BCUT2D eigenvalue weighted by Crippen LogP contribution is 2.36. The Hall–Kier alpha value is -3.13. The van der Waals surface area contributed by atoms with Crippen molar-refractivity contribution in [3.8, 4) is 5.75 Å². The number of fused-ring (bicyclic) bond motifs is 1. The Balaban J connectivity index is 1.50. The Bertz CT molecular complexity index is 974. The monoisotopic (exact) mass is 353 g/mol. The minimum Gasteiger partial charge on any atom is -0.489 e. The van der Waals surface area contributed by atoms with Crippen LogP contribution >= 0.6 is 0 Å². The fraction of sp³-hybridized carbons (Fsp3) is 0.160. The summed E-state index contributed by atoms with van der Waals surface area (Å²) in [4.78, 5) is 4.95. The Kier molecular flexibility index (Phi) is 4.88. The van der Waals surface area contributed by atoms with Gasteiger partial charge in [-0.3, -0.25) is 4.99 Å². The first-order chi connectivity index (χ1) is 13.2. The largest absolute Gasteiger partial charge is 0.489 e. The predicted octanol–water partition coefficient (Wildman–Crippen LogP) is 6.02. The van der Waals surface area contributed by atoms with E-state index >= 15 is 0 Å². The zero-order valence-corrected chi connectivity index (χ0v) is 15.5. The van der Waals surface area contributed by atoms with E-state index in [0.717, 1.165) is 23.3 Å². The van der Waals surface area contributed by atoms with Crippen LogP contribution in [0.3, 0.4) is 0 Å². The average molecular weight is 353 g/mol. The third-order valence-corrected chi connectivity index (χ3v) is 4.96. The van der Waals surface area contributed by atoms with E-state index in [1.54, 1.807) is 0 Å². The molecule has 1 atom stereocenters. The number of rotatable bonds is 5. The van der Waals surface area contributed by atoms with Crippen molar-refractivity contribution in [1.82, 2.24) is 0 Å². The molecule has 134 valence electrons. The SMILES string of the molecule is CC1(N=Cc2cccc(OCc3ccccc3)c2)CC=Cc2ccccc21. The molecule has 0 spiro atoms. The molecule has 0 amide bonds. The third-order valence-electron chi connectivity index (χ3n) is 4.96. The van der Waals surface area contributed by atoms with Crippen LogP contribution in [-0.4, -0.2) is 6.21 Å². The van der Waals surface area contributed by atoms with Gasteiger partial charge in [-0.25, -0.2) is 0 Å². The molecular formula is C25H23NO. The molecule has 0 heterocycles. The van der Waals surface area contributed by atoms with Gasteiger partial charge in [-0.05, 0) is 47.7 Å². The molecule has 0 saturated carbocycles. The number of hydrogen-bond acceptors (Lipinski definition) is 2. The zero-order valence-electron chi connectivity index (χ0n) is 15.5. The van der Waals surface area contributed by atoms with E-state index in [2.05, 4.69) is 61.5 Å². The van der Waals surface area contributed by atoms with Gasteiger partial charge in [-0.1, -0.05) is 78.9 Å². The topological polar surface area (TPSA) is 21.6 Å². The third kappa shape index (κ3) is 4.01. The smallest absolute Gasteiger partial charge is 0.120 e. The maximum absolute atomic E-state index is 5.93. The number of hydrogen-bond donors (Lipinski definition) is 0. The van der Waals surface area contributed by atoms with Gasteiger partial charge < -0.3 is 4.74 Å². The predicted molar refractivity (Wildman–Crippen MR) is 112 cm³/mol. The van der Waals surface area contributed by atoms with Gasteiger partial charge in [0.2, 0.25) is 0 Å². The van der Waals surface area contributed by atoms with Crippen molar-refractivity contribution >= 4 is 12.3 Å². The lowest BCUT2D eigenvalue weighted by Gasteiger charge is -2.29. The van der Waals surface area contributed by atoms with Gasteiger partial charge in [0.1, 0.15) is 12.4 Å². The molecule has 3 aromatic carbocycles. The second-order valence-electron chi connectivity index (χ2n) is 7.07. The fourth-order valence-corrected chi connectivity index (χ4v) is 3.42. The van der Waals surface area contributed by atoms with Gasteiger partial charge in [-0.2, -0.15) is 0 Å². The van der Waals surface area contributed by atoms with Crippen LogP contribution in [0.4, 0.5) is 0 Å². The lowest BCUT2D eigenvalue weighted by molar-refractivity contribution is 0.306. The van der Waals surface area contributed by atoms with E-state index < -0.39 is 0 Å². The van der Waals surface area contributed by atoms with Crippen molar-refractivity contribution in [3.63, 3.8) is 0 Å². The molecule has 2 nitrogen and oxygen atoms in total. The van der Waals surface area contributed by atoms with Crippen molar-refractivity contribution in [2.24, 2.45) is 4.99 Å². The van der Waals surface area contributed by atoms with Crippen molar-refractivity contribution in [2.45, 2.75) is 25.5 Å². The molecule has 0 radical (unpaired) electrons. The van der Waals surface area contributed by atoms with Gasteiger partial charge in [0.25, 0.3) is 0 Å². The van der Waals surface area contributed by atoms with Gasteiger partial charge in [-0.15, -0.1) is 0 Å². The van der Waals surface area contributed by atoms with Crippen LogP contribution in [0.5, 0.6) is 5.75 Å². The highest BCUT2D eigenvalue weighted by Gasteiger charge is 2.28. The Morgan fingerprint density at radius 1 is 0.963 bits per heavy atom. The highest BCUT2D eigenvalue weighted by molar-refractivity contribution is 5.81. The molecule has 0 fully saturated rings. The molecule has 0 bridgehead atoms.